The highest BCUT2D eigenvalue weighted by molar-refractivity contribution is 7.89. The van der Waals surface area contributed by atoms with Crippen LogP contribution >= 0.6 is 0 Å². The van der Waals surface area contributed by atoms with E-state index in [0.717, 1.165) is 18.4 Å². The summed E-state index contributed by atoms with van der Waals surface area (Å²) in [4.78, 5) is 12.4. The van der Waals surface area contributed by atoms with E-state index >= 15 is 0 Å². The molecule has 28 heavy (non-hydrogen) atoms. The summed E-state index contributed by atoms with van der Waals surface area (Å²) in [6.07, 6.45) is 2.38. The van der Waals surface area contributed by atoms with Gasteiger partial charge in [-0.1, -0.05) is 43.7 Å². The van der Waals surface area contributed by atoms with Gasteiger partial charge in [-0.2, -0.15) is 0 Å². The molecule has 1 atom stereocenters. The van der Waals surface area contributed by atoms with Crippen molar-refractivity contribution >= 4 is 15.9 Å². The number of carbonyl (C=O) groups is 1. The van der Waals surface area contributed by atoms with Crippen molar-refractivity contribution in [1.29, 1.82) is 0 Å². The average Bonchev–Trinajstić information content (AvgIpc) is 2.68. The fraction of sp³-hybridized carbons (Fsp3) is 0.381. The lowest BCUT2D eigenvalue weighted by Gasteiger charge is -2.15. The van der Waals surface area contributed by atoms with E-state index in [1.54, 1.807) is 6.07 Å². The lowest BCUT2D eigenvalue weighted by atomic mass is 10.1. The number of nitrogens with one attached hydrogen (secondary N) is 2. The molecule has 1 amide bonds. The lowest BCUT2D eigenvalue weighted by molar-refractivity contribution is 0.0938. The number of hydrogen-bond acceptors (Lipinski definition) is 4. The molecule has 0 saturated heterocycles. The number of amides is 1. The second kappa shape index (κ2) is 10.2. The van der Waals surface area contributed by atoms with E-state index in [-0.39, 0.29) is 34.7 Å². The Hall–Kier alpha value is -2.38. The summed E-state index contributed by atoms with van der Waals surface area (Å²) in [6.45, 7) is 4.22. The van der Waals surface area contributed by atoms with E-state index < -0.39 is 10.0 Å². The number of benzene rings is 2. The maximum Gasteiger partial charge on any atom is 0.251 e. The number of ether oxygens (including phenoxy) is 1. The third kappa shape index (κ3) is 6.07. The Morgan fingerprint density at radius 1 is 1.14 bits per heavy atom. The Balaban J connectivity index is 2.15. The number of carbonyl (C=O) groups excluding carboxylic acids is 1. The van der Waals surface area contributed by atoms with Crippen molar-refractivity contribution in [3.8, 4) is 5.75 Å². The van der Waals surface area contributed by atoms with Crippen LogP contribution in [0.15, 0.2) is 53.4 Å². The SMILES string of the molecule is CCC[C@H](C)NC(=O)c1ccc(OC)c(S(=O)(=O)NCCc2ccccc2)c1. The zero-order valence-electron chi connectivity index (χ0n) is 16.6. The molecule has 0 unspecified atom stereocenters. The predicted molar refractivity (Wildman–Crippen MR) is 110 cm³/mol. The van der Waals surface area contributed by atoms with E-state index in [1.165, 1.54) is 19.2 Å². The molecule has 152 valence electrons. The molecule has 0 heterocycles. The van der Waals surface area contributed by atoms with Crippen molar-refractivity contribution in [2.24, 2.45) is 0 Å². The fourth-order valence-corrected chi connectivity index (χ4v) is 4.12. The second-order valence-corrected chi connectivity index (χ2v) is 8.40. The van der Waals surface area contributed by atoms with Crippen LogP contribution in [0.5, 0.6) is 5.75 Å². The highest BCUT2D eigenvalue weighted by Crippen LogP contribution is 2.25. The van der Waals surface area contributed by atoms with Crippen LogP contribution in [0.2, 0.25) is 0 Å². The quantitative estimate of drug-likeness (QED) is 0.637. The van der Waals surface area contributed by atoms with Crippen molar-refractivity contribution in [3.05, 3.63) is 59.7 Å². The van der Waals surface area contributed by atoms with Crippen LogP contribution in [0.25, 0.3) is 0 Å². The Kier molecular flexibility index (Phi) is 8.02. The molecule has 0 saturated carbocycles. The highest BCUT2D eigenvalue weighted by Gasteiger charge is 2.22. The minimum absolute atomic E-state index is 0.0173. The van der Waals surface area contributed by atoms with Crippen molar-refractivity contribution < 1.29 is 17.9 Å². The van der Waals surface area contributed by atoms with Crippen LogP contribution in [-0.4, -0.2) is 34.0 Å². The van der Waals surface area contributed by atoms with Gasteiger partial charge in [0.25, 0.3) is 5.91 Å². The molecular formula is C21H28N2O4S. The normalized spacial score (nSPS) is 12.4. The predicted octanol–water partition coefficient (Wildman–Crippen LogP) is 3.13. The standard InChI is InChI=1S/C21H28N2O4S/c1-4-8-16(2)23-21(24)18-11-12-19(27-3)20(15-18)28(25,26)22-14-13-17-9-6-5-7-10-17/h5-7,9-12,15-16,22H,4,8,13-14H2,1-3H3,(H,23,24)/t16-/m0/s1. The smallest absolute Gasteiger partial charge is 0.251 e. The molecule has 0 aliphatic heterocycles. The number of methoxy groups -OCH3 is 1. The van der Waals surface area contributed by atoms with Crippen molar-refractivity contribution in [2.45, 2.75) is 44.0 Å². The van der Waals surface area contributed by atoms with E-state index in [4.69, 9.17) is 4.74 Å². The Morgan fingerprint density at radius 2 is 1.86 bits per heavy atom. The summed E-state index contributed by atoms with van der Waals surface area (Å²) in [7, 11) is -2.42. The molecule has 7 heteroatoms. The van der Waals surface area contributed by atoms with Gasteiger partial charge in [0.15, 0.2) is 0 Å². The van der Waals surface area contributed by atoms with Gasteiger partial charge < -0.3 is 10.1 Å². The molecule has 2 aromatic rings. The van der Waals surface area contributed by atoms with E-state index in [1.807, 2.05) is 44.2 Å². The maximum absolute atomic E-state index is 12.8. The van der Waals surface area contributed by atoms with Gasteiger partial charge >= 0.3 is 0 Å². The van der Waals surface area contributed by atoms with Gasteiger partial charge in [0.2, 0.25) is 10.0 Å². The first-order valence-electron chi connectivity index (χ1n) is 9.40. The molecule has 0 fully saturated rings. The molecule has 2 rings (SSSR count). The first kappa shape index (κ1) is 21.9. The lowest BCUT2D eigenvalue weighted by Crippen LogP contribution is -2.32. The average molecular weight is 405 g/mol. The number of sulfonamides is 1. The topological polar surface area (TPSA) is 84.5 Å². The van der Waals surface area contributed by atoms with Crippen LogP contribution in [0.4, 0.5) is 0 Å². The van der Waals surface area contributed by atoms with Crippen LogP contribution in [0.1, 0.15) is 42.6 Å². The minimum Gasteiger partial charge on any atom is -0.495 e. The molecule has 2 N–H and O–H groups in total. The van der Waals surface area contributed by atoms with E-state index in [9.17, 15) is 13.2 Å². The molecule has 0 aliphatic carbocycles. The molecule has 0 aliphatic rings. The second-order valence-electron chi connectivity index (χ2n) is 6.66. The van der Waals surface area contributed by atoms with Crippen molar-refractivity contribution in [2.75, 3.05) is 13.7 Å². The molecule has 2 aromatic carbocycles. The van der Waals surface area contributed by atoms with Crippen LogP contribution in [-0.2, 0) is 16.4 Å². The number of hydrogen-bond donors (Lipinski definition) is 2. The van der Waals surface area contributed by atoms with Crippen LogP contribution in [0.3, 0.4) is 0 Å². The highest BCUT2D eigenvalue weighted by atomic mass is 32.2. The summed E-state index contributed by atoms with van der Waals surface area (Å²) in [5, 5.41) is 2.88. The van der Waals surface area contributed by atoms with Gasteiger partial charge in [0.1, 0.15) is 10.6 Å². The first-order chi connectivity index (χ1) is 13.4. The summed E-state index contributed by atoms with van der Waals surface area (Å²) in [5.74, 6) is -0.102. The van der Waals surface area contributed by atoms with Crippen molar-refractivity contribution in [1.82, 2.24) is 10.0 Å². The molecule has 0 aromatic heterocycles. The fourth-order valence-electron chi connectivity index (χ4n) is 2.89. The van der Waals surface area contributed by atoms with Gasteiger partial charge in [-0.05, 0) is 43.5 Å². The largest absolute Gasteiger partial charge is 0.495 e. The van der Waals surface area contributed by atoms with E-state index in [2.05, 4.69) is 10.0 Å². The Morgan fingerprint density at radius 3 is 2.50 bits per heavy atom. The zero-order valence-corrected chi connectivity index (χ0v) is 17.4. The third-order valence-corrected chi connectivity index (χ3v) is 5.85. The van der Waals surface area contributed by atoms with Gasteiger partial charge in [0, 0.05) is 18.2 Å². The Labute approximate surface area is 167 Å². The molecule has 6 nitrogen and oxygen atoms in total. The third-order valence-electron chi connectivity index (χ3n) is 4.36. The van der Waals surface area contributed by atoms with Gasteiger partial charge in [-0.3, -0.25) is 4.79 Å². The van der Waals surface area contributed by atoms with Crippen LogP contribution in [0, 0.1) is 0 Å². The van der Waals surface area contributed by atoms with Gasteiger partial charge in [0.05, 0.1) is 7.11 Å². The maximum atomic E-state index is 12.8. The summed E-state index contributed by atoms with van der Waals surface area (Å²) in [6, 6.07) is 14.1. The monoisotopic (exact) mass is 404 g/mol. The van der Waals surface area contributed by atoms with Crippen molar-refractivity contribution in [3.63, 3.8) is 0 Å². The minimum atomic E-state index is -3.82. The summed E-state index contributed by atoms with van der Waals surface area (Å²) in [5.41, 5.74) is 1.32. The summed E-state index contributed by atoms with van der Waals surface area (Å²) >= 11 is 0. The summed E-state index contributed by atoms with van der Waals surface area (Å²) < 4.78 is 33.3. The molecule has 0 spiro atoms. The van der Waals surface area contributed by atoms with Gasteiger partial charge in [-0.25, -0.2) is 13.1 Å². The number of rotatable bonds is 10. The zero-order chi connectivity index (χ0) is 20.6. The van der Waals surface area contributed by atoms with Gasteiger partial charge in [-0.15, -0.1) is 0 Å². The van der Waals surface area contributed by atoms with E-state index in [0.29, 0.717) is 6.42 Å². The molecular weight excluding hydrogens is 376 g/mol. The Bertz CT molecular complexity index is 883. The molecule has 0 radical (unpaired) electrons. The first-order valence-corrected chi connectivity index (χ1v) is 10.9. The van der Waals surface area contributed by atoms with Crippen LogP contribution < -0.4 is 14.8 Å². The molecule has 0 bridgehead atoms.